The third kappa shape index (κ3) is 5.72. The molecule has 3 rings (SSSR count). The van der Waals surface area contributed by atoms with E-state index in [1.54, 1.807) is 12.1 Å². The summed E-state index contributed by atoms with van der Waals surface area (Å²) in [6, 6.07) is 15.3. The van der Waals surface area contributed by atoms with Gasteiger partial charge in [-0.15, -0.1) is 0 Å². The molecule has 0 bridgehead atoms. The number of hydrogen-bond acceptors (Lipinski definition) is 5. The third-order valence-corrected chi connectivity index (χ3v) is 5.98. The predicted molar refractivity (Wildman–Crippen MR) is 122 cm³/mol. The zero-order valence-electron chi connectivity index (χ0n) is 18.3. The third-order valence-electron chi connectivity index (χ3n) is 5.98. The van der Waals surface area contributed by atoms with Gasteiger partial charge >= 0.3 is 0 Å². The number of non-ortho nitro benzene ring substituents is 1. The number of likely N-dealkylation sites (tertiary alicyclic amines) is 1. The van der Waals surface area contributed by atoms with Crippen LogP contribution in [-0.2, 0) is 0 Å². The van der Waals surface area contributed by atoms with Gasteiger partial charge in [-0.3, -0.25) is 10.1 Å². The number of ether oxygens (including phenoxy) is 1. The normalized spacial score (nSPS) is 19.4. The van der Waals surface area contributed by atoms with Gasteiger partial charge in [-0.2, -0.15) is 0 Å². The van der Waals surface area contributed by atoms with Gasteiger partial charge in [0.1, 0.15) is 5.75 Å². The Hall–Kier alpha value is -2.60. The van der Waals surface area contributed by atoms with Crippen LogP contribution in [0.1, 0.15) is 37.7 Å². The molecule has 0 N–H and O–H groups in total. The van der Waals surface area contributed by atoms with Crippen molar-refractivity contribution in [3.8, 4) is 5.75 Å². The molecule has 1 saturated heterocycles. The summed E-state index contributed by atoms with van der Waals surface area (Å²) in [7, 11) is 4.10. The lowest BCUT2D eigenvalue weighted by molar-refractivity contribution is -0.384. The highest BCUT2D eigenvalue weighted by molar-refractivity contribution is 5.46. The molecule has 2 aromatic rings. The fourth-order valence-corrected chi connectivity index (χ4v) is 4.21. The zero-order valence-corrected chi connectivity index (χ0v) is 18.3. The molecule has 0 amide bonds. The number of piperidine rings is 1. The first-order valence-electron chi connectivity index (χ1n) is 10.8. The summed E-state index contributed by atoms with van der Waals surface area (Å²) in [6.45, 7) is 6.00. The SMILES string of the molecule is CCCCN1CCC(c2ccc(N(C)C)cc2)C(COc2cccc([N+](=O)[O-])c2)C1. The molecular formula is C24H33N3O3. The molecule has 1 heterocycles. The standard InChI is InChI=1S/C24H33N3O3/c1-4-5-14-26-15-13-24(19-9-11-21(12-10-19)25(2)3)20(17-26)18-30-23-8-6-7-22(16-23)27(28)29/h6-12,16,20,24H,4-5,13-15,17-18H2,1-3H3. The molecule has 0 spiro atoms. The highest BCUT2D eigenvalue weighted by Gasteiger charge is 2.31. The molecule has 1 fully saturated rings. The lowest BCUT2D eigenvalue weighted by atomic mass is 9.80. The minimum absolute atomic E-state index is 0.0662. The summed E-state index contributed by atoms with van der Waals surface area (Å²) in [5.41, 5.74) is 2.61. The first-order valence-corrected chi connectivity index (χ1v) is 10.8. The van der Waals surface area contributed by atoms with Crippen molar-refractivity contribution in [2.75, 3.05) is 45.2 Å². The van der Waals surface area contributed by atoms with Gasteiger partial charge in [0.2, 0.25) is 0 Å². The van der Waals surface area contributed by atoms with Crippen molar-refractivity contribution in [2.45, 2.75) is 32.1 Å². The molecule has 2 unspecified atom stereocenters. The predicted octanol–water partition coefficient (Wildman–Crippen LogP) is 4.95. The number of anilines is 1. The molecule has 162 valence electrons. The van der Waals surface area contributed by atoms with Crippen molar-refractivity contribution in [1.29, 1.82) is 0 Å². The zero-order chi connectivity index (χ0) is 21.5. The Morgan fingerprint density at radius 3 is 2.63 bits per heavy atom. The summed E-state index contributed by atoms with van der Waals surface area (Å²) < 4.78 is 6.06. The smallest absolute Gasteiger partial charge is 0.273 e. The van der Waals surface area contributed by atoms with Gasteiger partial charge in [0, 0.05) is 38.3 Å². The molecule has 30 heavy (non-hydrogen) atoms. The summed E-state index contributed by atoms with van der Waals surface area (Å²) in [5.74, 6) is 1.34. The Balaban J connectivity index is 1.73. The summed E-state index contributed by atoms with van der Waals surface area (Å²) in [4.78, 5) is 15.3. The number of unbranched alkanes of at least 4 members (excludes halogenated alkanes) is 1. The average Bonchev–Trinajstić information content (AvgIpc) is 2.76. The van der Waals surface area contributed by atoms with Crippen molar-refractivity contribution in [3.05, 3.63) is 64.2 Å². The summed E-state index contributed by atoms with van der Waals surface area (Å²) in [6.07, 6.45) is 3.51. The minimum Gasteiger partial charge on any atom is -0.493 e. The molecule has 2 aromatic carbocycles. The number of nitrogens with zero attached hydrogens (tertiary/aromatic N) is 3. The van der Waals surface area contributed by atoms with E-state index in [-0.39, 0.29) is 10.6 Å². The van der Waals surface area contributed by atoms with Crippen molar-refractivity contribution < 1.29 is 9.66 Å². The Morgan fingerprint density at radius 2 is 1.97 bits per heavy atom. The number of rotatable bonds is 9. The molecule has 1 aliphatic heterocycles. The second-order valence-electron chi connectivity index (χ2n) is 8.36. The minimum atomic E-state index is -0.380. The number of nitro groups is 1. The molecular weight excluding hydrogens is 378 g/mol. The lowest BCUT2D eigenvalue weighted by Crippen LogP contribution is -2.42. The second-order valence-corrected chi connectivity index (χ2v) is 8.36. The van der Waals surface area contributed by atoms with Crippen LogP contribution in [0.25, 0.3) is 0 Å². The monoisotopic (exact) mass is 411 g/mol. The van der Waals surface area contributed by atoms with Crippen molar-refractivity contribution in [2.24, 2.45) is 5.92 Å². The number of hydrogen-bond donors (Lipinski definition) is 0. The van der Waals surface area contributed by atoms with E-state index in [9.17, 15) is 10.1 Å². The number of benzene rings is 2. The van der Waals surface area contributed by atoms with Gasteiger partial charge in [0.15, 0.2) is 0 Å². The van der Waals surface area contributed by atoms with E-state index >= 15 is 0 Å². The van der Waals surface area contributed by atoms with Gasteiger partial charge in [0.05, 0.1) is 17.6 Å². The van der Waals surface area contributed by atoms with Crippen LogP contribution in [0.5, 0.6) is 5.75 Å². The second kappa shape index (κ2) is 10.4. The molecule has 0 aliphatic carbocycles. The fourth-order valence-electron chi connectivity index (χ4n) is 4.21. The van der Waals surface area contributed by atoms with E-state index in [0.717, 1.165) is 26.1 Å². The van der Waals surface area contributed by atoms with Crippen molar-refractivity contribution >= 4 is 11.4 Å². The van der Waals surface area contributed by atoms with Gasteiger partial charge in [-0.25, -0.2) is 0 Å². The maximum absolute atomic E-state index is 11.1. The Morgan fingerprint density at radius 1 is 1.20 bits per heavy atom. The van der Waals surface area contributed by atoms with Crippen LogP contribution in [0.2, 0.25) is 0 Å². The van der Waals surface area contributed by atoms with Gasteiger partial charge in [-0.1, -0.05) is 31.5 Å². The van der Waals surface area contributed by atoms with Gasteiger partial charge < -0.3 is 14.5 Å². The van der Waals surface area contributed by atoms with Gasteiger partial charge in [-0.05, 0) is 55.6 Å². The van der Waals surface area contributed by atoms with Crippen LogP contribution >= 0.6 is 0 Å². The first kappa shape index (κ1) is 22.1. The van der Waals surface area contributed by atoms with Crippen LogP contribution in [0.15, 0.2) is 48.5 Å². The lowest BCUT2D eigenvalue weighted by Gasteiger charge is -2.39. The molecule has 6 heteroatoms. The van der Waals surface area contributed by atoms with Crippen LogP contribution in [0, 0.1) is 16.0 Å². The van der Waals surface area contributed by atoms with Gasteiger partial charge in [0.25, 0.3) is 5.69 Å². The molecule has 0 saturated carbocycles. The molecule has 1 aliphatic rings. The Labute approximate surface area is 179 Å². The highest BCUT2D eigenvalue weighted by atomic mass is 16.6. The molecule has 0 radical (unpaired) electrons. The summed E-state index contributed by atoms with van der Waals surface area (Å²) in [5, 5.41) is 11.1. The maximum atomic E-state index is 11.1. The molecule has 2 atom stereocenters. The highest BCUT2D eigenvalue weighted by Crippen LogP contribution is 2.35. The largest absolute Gasteiger partial charge is 0.493 e. The first-order chi connectivity index (χ1) is 14.5. The van der Waals surface area contributed by atoms with E-state index in [0.29, 0.717) is 24.2 Å². The van der Waals surface area contributed by atoms with Crippen LogP contribution in [0.4, 0.5) is 11.4 Å². The Kier molecular flexibility index (Phi) is 7.69. The van der Waals surface area contributed by atoms with E-state index in [1.165, 1.54) is 36.2 Å². The summed E-state index contributed by atoms with van der Waals surface area (Å²) >= 11 is 0. The van der Waals surface area contributed by atoms with Crippen molar-refractivity contribution in [3.63, 3.8) is 0 Å². The Bertz CT molecular complexity index is 823. The van der Waals surface area contributed by atoms with E-state index in [2.05, 4.69) is 55.1 Å². The van der Waals surface area contributed by atoms with E-state index in [4.69, 9.17) is 4.74 Å². The topological polar surface area (TPSA) is 58.8 Å². The fraction of sp³-hybridized carbons (Fsp3) is 0.500. The van der Waals surface area contributed by atoms with Crippen LogP contribution < -0.4 is 9.64 Å². The van der Waals surface area contributed by atoms with E-state index in [1.807, 2.05) is 0 Å². The molecule has 0 aromatic heterocycles. The van der Waals surface area contributed by atoms with Crippen LogP contribution in [0.3, 0.4) is 0 Å². The maximum Gasteiger partial charge on any atom is 0.273 e. The van der Waals surface area contributed by atoms with Crippen LogP contribution in [-0.4, -0.2) is 50.2 Å². The average molecular weight is 412 g/mol. The quantitative estimate of drug-likeness (QED) is 0.432. The van der Waals surface area contributed by atoms with Crippen molar-refractivity contribution in [1.82, 2.24) is 4.90 Å². The molecule has 6 nitrogen and oxygen atoms in total. The van der Waals surface area contributed by atoms with E-state index < -0.39 is 0 Å². The number of nitro benzene ring substituents is 1.